The summed E-state index contributed by atoms with van der Waals surface area (Å²) in [6, 6.07) is 6.76. The van der Waals surface area contributed by atoms with E-state index in [-0.39, 0.29) is 5.91 Å². The molecule has 1 amide bonds. The number of carbonyl (C=O) groups is 1. The lowest BCUT2D eigenvalue weighted by molar-refractivity contribution is 0.0872. The maximum atomic E-state index is 12.5. The number of amides is 1. The van der Waals surface area contributed by atoms with Crippen molar-refractivity contribution >= 4 is 5.91 Å². The fourth-order valence-corrected chi connectivity index (χ4v) is 3.88. The molecule has 1 aliphatic heterocycles. The van der Waals surface area contributed by atoms with E-state index in [4.69, 9.17) is 5.73 Å². The van der Waals surface area contributed by atoms with Crippen LogP contribution in [0.4, 0.5) is 0 Å². The first kappa shape index (κ1) is 12.4. The van der Waals surface area contributed by atoms with Crippen LogP contribution in [-0.2, 0) is 13.0 Å². The number of rotatable bonds is 2. The monoisotopic (exact) mass is 271 g/mol. The molecule has 1 atom stereocenters. The van der Waals surface area contributed by atoms with Crippen LogP contribution in [0.25, 0.3) is 0 Å². The van der Waals surface area contributed by atoms with Gasteiger partial charge in [-0.3, -0.25) is 4.79 Å². The zero-order chi connectivity index (χ0) is 13.7. The van der Waals surface area contributed by atoms with Crippen LogP contribution in [0.2, 0.25) is 0 Å². The van der Waals surface area contributed by atoms with Crippen molar-refractivity contribution in [1.29, 1.82) is 0 Å². The topological polar surface area (TPSA) is 67.1 Å². The number of nitrogens with two attached hydrogens (primary N) is 1. The Labute approximate surface area is 119 Å². The second kappa shape index (κ2) is 4.30. The lowest BCUT2D eigenvalue weighted by Gasteiger charge is -2.37. The molecule has 4 rings (SSSR count). The summed E-state index contributed by atoms with van der Waals surface area (Å²) in [4.78, 5) is 12.5. The Morgan fingerprint density at radius 1 is 1.35 bits per heavy atom. The largest absolute Gasteiger partial charge is 0.349 e. The molecule has 0 radical (unpaired) electrons. The molecule has 4 nitrogen and oxygen atoms in total. The summed E-state index contributed by atoms with van der Waals surface area (Å²) in [5.41, 5.74) is 9.68. The molecule has 3 aliphatic rings. The first-order chi connectivity index (χ1) is 9.68. The Morgan fingerprint density at radius 2 is 2.15 bits per heavy atom. The first-order valence-corrected chi connectivity index (χ1v) is 7.56. The predicted octanol–water partition coefficient (Wildman–Crippen LogP) is 0.942. The molecule has 2 fully saturated rings. The predicted molar refractivity (Wildman–Crippen MR) is 77.4 cm³/mol. The lowest BCUT2D eigenvalue weighted by atomic mass is 9.76. The molecule has 2 aliphatic carbocycles. The number of carbonyl (C=O) groups excluding carboxylic acids is 1. The van der Waals surface area contributed by atoms with Crippen LogP contribution in [-0.4, -0.2) is 24.5 Å². The molecule has 106 valence electrons. The van der Waals surface area contributed by atoms with Gasteiger partial charge in [0.25, 0.3) is 5.91 Å². The van der Waals surface area contributed by atoms with Crippen molar-refractivity contribution in [2.75, 3.05) is 6.54 Å². The van der Waals surface area contributed by atoms with Crippen LogP contribution in [0.1, 0.15) is 40.7 Å². The van der Waals surface area contributed by atoms with Crippen molar-refractivity contribution < 1.29 is 4.79 Å². The quantitative estimate of drug-likeness (QED) is 0.750. The molecule has 1 spiro atoms. The van der Waals surface area contributed by atoms with Crippen molar-refractivity contribution in [3.63, 3.8) is 0 Å². The maximum absolute atomic E-state index is 12.5. The summed E-state index contributed by atoms with van der Waals surface area (Å²) in [7, 11) is 0. The van der Waals surface area contributed by atoms with Gasteiger partial charge in [-0.05, 0) is 54.8 Å². The number of hydrogen-bond acceptors (Lipinski definition) is 3. The van der Waals surface area contributed by atoms with Gasteiger partial charge >= 0.3 is 0 Å². The van der Waals surface area contributed by atoms with Crippen molar-refractivity contribution in [3.8, 4) is 0 Å². The van der Waals surface area contributed by atoms with Crippen molar-refractivity contribution in [3.05, 3.63) is 34.9 Å². The van der Waals surface area contributed by atoms with Crippen LogP contribution >= 0.6 is 0 Å². The van der Waals surface area contributed by atoms with E-state index in [9.17, 15) is 4.79 Å². The zero-order valence-electron chi connectivity index (χ0n) is 11.6. The molecule has 1 heterocycles. The summed E-state index contributed by atoms with van der Waals surface area (Å²) in [5.74, 6) is 0.0952. The van der Waals surface area contributed by atoms with E-state index in [2.05, 4.69) is 16.7 Å². The SMILES string of the molecule is NC1CC12CC(NC(=O)c1cccc3c1CCNC3)C2. The number of fused-ring (bicyclic) bond motifs is 1. The minimum Gasteiger partial charge on any atom is -0.349 e. The van der Waals surface area contributed by atoms with E-state index in [1.807, 2.05) is 12.1 Å². The van der Waals surface area contributed by atoms with Gasteiger partial charge in [0.15, 0.2) is 0 Å². The van der Waals surface area contributed by atoms with Gasteiger partial charge in [0, 0.05) is 24.2 Å². The molecule has 1 aromatic carbocycles. The van der Waals surface area contributed by atoms with E-state index in [0.29, 0.717) is 17.5 Å². The van der Waals surface area contributed by atoms with Gasteiger partial charge < -0.3 is 16.4 Å². The molecule has 1 unspecified atom stereocenters. The van der Waals surface area contributed by atoms with Gasteiger partial charge in [-0.15, -0.1) is 0 Å². The third kappa shape index (κ3) is 1.86. The minimum atomic E-state index is 0.0952. The highest BCUT2D eigenvalue weighted by atomic mass is 16.1. The lowest BCUT2D eigenvalue weighted by Crippen LogP contribution is -2.47. The highest BCUT2D eigenvalue weighted by Gasteiger charge is 2.60. The van der Waals surface area contributed by atoms with E-state index in [0.717, 1.165) is 44.3 Å². The van der Waals surface area contributed by atoms with Gasteiger partial charge in [-0.2, -0.15) is 0 Å². The van der Waals surface area contributed by atoms with E-state index in [1.54, 1.807) is 0 Å². The fourth-order valence-electron chi connectivity index (χ4n) is 3.88. The second-order valence-electron chi connectivity index (χ2n) is 6.62. The summed E-state index contributed by atoms with van der Waals surface area (Å²) >= 11 is 0. The minimum absolute atomic E-state index is 0.0952. The summed E-state index contributed by atoms with van der Waals surface area (Å²) < 4.78 is 0. The van der Waals surface area contributed by atoms with Gasteiger partial charge in [0.1, 0.15) is 0 Å². The Balaban J connectivity index is 1.46. The number of benzene rings is 1. The van der Waals surface area contributed by atoms with Crippen LogP contribution in [0, 0.1) is 5.41 Å². The molecule has 4 N–H and O–H groups in total. The Kier molecular flexibility index (Phi) is 2.66. The standard InChI is InChI=1S/C16H21N3O/c17-14-8-16(14)6-11(7-16)19-15(20)13-3-1-2-10-9-18-5-4-12(10)13/h1-3,11,14,18H,4-9,17H2,(H,19,20). The summed E-state index contributed by atoms with van der Waals surface area (Å²) in [6.45, 7) is 1.83. The highest BCUT2D eigenvalue weighted by Crippen LogP contribution is 2.59. The van der Waals surface area contributed by atoms with E-state index in [1.165, 1.54) is 11.1 Å². The van der Waals surface area contributed by atoms with Gasteiger partial charge in [0.05, 0.1) is 0 Å². The second-order valence-corrected chi connectivity index (χ2v) is 6.62. The third-order valence-electron chi connectivity index (χ3n) is 5.28. The van der Waals surface area contributed by atoms with Crippen LogP contribution in [0.15, 0.2) is 18.2 Å². The normalized spacial score (nSPS) is 34.2. The molecule has 0 aromatic heterocycles. The molecule has 0 saturated heterocycles. The zero-order valence-corrected chi connectivity index (χ0v) is 11.6. The van der Waals surface area contributed by atoms with Gasteiger partial charge in [-0.1, -0.05) is 12.1 Å². The average molecular weight is 271 g/mol. The van der Waals surface area contributed by atoms with Gasteiger partial charge in [0.2, 0.25) is 0 Å². The smallest absolute Gasteiger partial charge is 0.251 e. The summed E-state index contributed by atoms with van der Waals surface area (Å²) in [6.07, 6.45) is 4.22. The van der Waals surface area contributed by atoms with E-state index >= 15 is 0 Å². The van der Waals surface area contributed by atoms with Crippen molar-refractivity contribution in [2.24, 2.45) is 11.1 Å². The molecule has 4 heteroatoms. The number of hydrogen-bond donors (Lipinski definition) is 3. The Bertz CT molecular complexity index is 563. The number of nitrogens with one attached hydrogen (secondary N) is 2. The molecule has 1 aromatic rings. The maximum Gasteiger partial charge on any atom is 0.251 e. The van der Waals surface area contributed by atoms with Crippen molar-refractivity contribution in [2.45, 2.75) is 44.3 Å². The molecule has 0 bridgehead atoms. The van der Waals surface area contributed by atoms with Gasteiger partial charge in [-0.25, -0.2) is 0 Å². The Morgan fingerprint density at radius 3 is 2.90 bits per heavy atom. The fraction of sp³-hybridized carbons (Fsp3) is 0.562. The Hall–Kier alpha value is -1.39. The van der Waals surface area contributed by atoms with E-state index < -0.39 is 0 Å². The average Bonchev–Trinajstić information content (AvgIpc) is 3.09. The van der Waals surface area contributed by atoms with Crippen molar-refractivity contribution in [1.82, 2.24) is 10.6 Å². The molecule has 20 heavy (non-hydrogen) atoms. The summed E-state index contributed by atoms with van der Waals surface area (Å²) in [5, 5.41) is 6.53. The van der Waals surface area contributed by atoms with Crippen LogP contribution < -0.4 is 16.4 Å². The third-order valence-corrected chi connectivity index (χ3v) is 5.28. The molecule has 2 saturated carbocycles. The molecular weight excluding hydrogens is 250 g/mol. The molecular formula is C16H21N3O. The first-order valence-electron chi connectivity index (χ1n) is 7.56. The van der Waals surface area contributed by atoms with Crippen LogP contribution in [0.3, 0.4) is 0 Å². The van der Waals surface area contributed by atoms with Crippen LogP contribution in [0.5, 0.6) is 0 Å². The highest BCUT2D eigenvalue weighted by molar-refractivity contribution is 5.96.